The van der Waals surface area contributed by atoms with E-state index in [-0.39, 0.29) is 11.4 Å². The highest BCUT2D eigenvalue weighted by Crippen LogP contribution is 2.32. The Labute approximate surface area is 80.7 Å². The minimum atomic E-state index is -0.516. The average Bonchev–Trinajstić information content (AvgIpc) is 2.59. The number of rotatable bonds is 2. The molecule has 6 heteroatoms. The van der Waals surface area contributed by atoms with Gasteiger partial charge in [0.1, 0.15) is 11.8 Å². The van der Waals surface area contributed by atoms with Crippen LogP contribution in [-0.4, -0.2) is 20.1 Å². The summed E-state index contributed by atoms with van der Waals surface area (Å²) in [7, 11) is 0. The monoisotopic (exact) mass is 197 g/mol. The summed E-state index contributed by atoms with van der Waals surface area (Å²) >= 11 is 0. The van der Waals surface area contributed by atoms with E-state index in [0.717, 1.165) is 6.42 Å². The topological polar surface area (TPSA) is 70.2 Å². The Bertz CT molecular complexity index is 362. The summed E-state index contributed by atoms with van der Waals surface area (Å²) in [6, 6.07) is 0.348. The average molecular weight is 197 g/mol. The SMILES string of the molecule is CCC1(C)Cn2cc([N+](=O)[O-])nc2O1. The van der Waals surface area contributed by atoms with E-state index in [0.29, 0.717) is 12.6 Å². The molecule has 1 aromatic heterocycles. The first-order valence-corrected chi connectivity index (χ1v) is 4.45. The second kappa shape index (κ2) is 2.70. The molecule has 0 amide bonds. The zero-order valence-electron chi connectivity index (χ0n) is 8.06. The first-order chi connectivity index (χ1) is 6.54. The lowest BCUT2D eigenvalue weighted by Gasteiger charge is -2.18. The zero-order valence-corrected chi connectivity index (χ0v) is 8.06. The van der Waals surface area contributed by atoms with Crippen molar-refractivity contribution in [2.45, 2.75) is 32.4 Å². The number of nitro groups is 1. The van der Waals surface area contributed by atoms with Crippen LogP contribution in [0.3, 0.4) is 0 Å². The predicted molar refractivity (Wildman–Crippen MR) is 48.2 cm³/mol. The lowest BCUT2D eigenvalue weighted by atomic mass is 10.0. The largest absolute Gasteiger partial charge is 0.438 e. The Balaban J connectivity index is 2.28. The van der Waals surface area contributed by atoms with Crippen LogP contribution in [0.4, 0.5) is 5.82 Å². The second-order valence-corrected chi connectivity index (χ2v) is 3.67. The maximum absolute atomic E-state index is 10.4. The number of hydrogen-bond donors (Lipinski definition) is 0. The van der Waals surface area contributed by atoms with Gasteiger partial charge in [0.25, 0.3) is 0 Å². The fourth-order valence-corrected chi connectivity index (χ4v) is 1.47. The van der Waals surface area contributed by atoms with Gasteiger partial charge in [-0.05, 0) is 18.3 Å². The van der Waals surface area contributed by atoms with Crippen LogP contribution in [0.25, 0.3) is 0 Å². The summed E-state index contributed by atoms with van der Waals surface area (Å²) in [4.78, 5) is 13.7. The van der Waals surface area contributed by atoms with Crippen LogP contribution in [0.5, 0.6) is 6.01 Å². The number of nitrogens with zero attached hydrogens (tertiary/aromatic N) is 3. The van der Waals surface area contributed by atoms with Gasteiger partial charge in [0, 0.05) is 4.98 Å². The fraction of sp³-hybridized carbons (Fsp3) is 0.625. The van der Waals surface area contributed by atoms with Gasteiger partial charge in [0.05, 0.1) is 6.54 Å². The van der Waals surface area contributed by atoms with Crippen molar-refractivity contribution >= 4 is 5.82 Å². The Morgan fingerprint density at radius 1 is 1.86 bits per heavy atom. The van der Waals surface area contributed by atoms with E-state index in [4.69, 9.17) is 4.74 Å². The van der Waals surface area contributed by atoms with E-state index in [2.05, 4.69) is 4.98 Å². The summed E-state index contributed by atoms with van der Waals surface area (Å²) in [6.45, 7) is 4.61. The molecule has 1 aliphatic heterocycles. The molecule has 0 aromatic carbocycles. The summed E-state index contributed by atoms with van der Waals surface area (Å²) < 4.78 is 7.20. The standard InChI is InChI=1S/C8H11N3O3/c1-3-8(2)5-10-4-6(11(12)13)9-7(10)14-8/h4H,3,5H2,1-2H3. The van der Waals surface area contributed by atoms with Crippen molar-refractivity contribution in [3.63, 3.8) is 0 Å². The van der Waals surface area contributed by atoms with E-state index in [1.807, 2.05) is 13.8 Å². The summed E-state index contributed by atoms with van der Waals surface area (Å²) in [5.74, 6) is -0.154. The molecule has 2 rings (SSSR count). The minimum absolute atomic E-state index is 0.154. The van der Waals surface area contributed by atoms with Crippen LogP contribution in [0.15, 0.2) is 6.20 Å². The van der Waals surface area contributed by atoms with Crippen LogP contribution >= 0.6 is 0 Å². The van der Waals surface area contributed by atoms with Crippen LogP contribution in [0.1, 0.15) is 20.3 Å². The van der Waals surface area contributed by atoms with Gasteiger partial charge < -0.3 is 14.9 Å². The van der Waals surface area contributed by atoms with Gasteiger partial charge in [0.15, 0.2) is 0 Å². The first kappa shape index (κ1) is 8.98. The number of imidazole rings is 1. The van der Waals surface area contributed by atoms with Crippen molar-refractivity contribution in [3.05, 3.63) is 16.3 Å². The van der Waals surface area contributed by atoms with Crippen molar-refractivity contribution in [1.82, 2.24) is 9.55 Å². The number of aromatic nitrogens is 2. The molecule has 1 unspecified atom stereocenters. The van der Waals surface area contributed by atoms with Gasteiger partial charge in [-0.3, -0.25) is 4.57 Å². The normalized spacial score (nSPS) is 24.4. The highest BCUT2D eigenvalue weighted by molar-refractivity contribution is 5.23. The smallest absolute Gasteiger partial charge is 0.414 e. The van der Waals surface area contributed by atoms with E-state index in [1.165, 1.54) is 6.20 Å². The third kappa shape index (κ3) is 1.23. The van der Waals surface area contributed by atoms with Crippen LogP contribution in [-0.2, 0) is 6.54 Å². The molecule has 76 valence electrons. The molecular formula is C8H11N3O3. The van der Waals surface area contributed by atoms with E-state index < -0.39 is 4.92 Å². The van der Waals surface area contributed by atoms with E-state index in [1.54, 1.807) is 4.57 Å². The highest BCUT2D eigenvalue weighted by Gasteiger charge is 2.38. The van der Waals surface area contributed by atoms with E-state index in [9.17, 15) is 10.1 Å². The molecular weight excluding hydrogens is 186 g/mol. The molecule has 1 aromatic rings. The Kier molecular flexibility index (Phi) is 1.73. The molecule has 0 fully saturated rings. The molecule has 0 bridgehead atoms. The summed E-state index contributed by atoms with van der Waals surface area (Å²) in [5.41, 5.74) is -0.266. The van der Waals surface area contributed by atoms with Gasteiger partial charge in [-0.1, -0.05) is 6.92 Å². The predicted octanol–water partition coefficient (Wildman–Crippen LogP) is 1.35. The van der Waals surface area contributed by atoms with Crippen molar-refractivity contribution in [2.24, 2.45) is 0 Å². The molecule has 1 atom stereocenters. The lowest BCUT2D eigenvalue weighted by Crippen LogP contribution is -2.30. The molecule has 0 N–H and O–H groups in total. The maximum Gasteiger partial charge on any atom is 0.414 e. The molecule has 0 saturated carbocycles. The third-order valence-corrected chi connectivity index (χ3v) is 2.50. The van der Waals surface area contributed by atoms with Gasteiger partial charge in [-0.2, -0.15) is 0 Å². The quantitative estimate of drug-likeness (QED) is 0.530. The van der Waals surface area contributed by atoms with Crippen LogP contribution in [0, 0.1) is 10.1 Å². The van der Waals surface area contributed by atoms with Crippen molar-refractivity contribution in [3.8, 4) is 6.01 Å². The van der Waals surface area contributed by atoms with Gasteiger partial charge in [-0.25, -0.2) is 0 Å². The van der Waals surface area contributed by atoms with Gasteiger partial charge in [-0.15, -0.1) is 0 Å². The first-order valence-electron chi connectivity index (χ1n) is 4.45. The molecule has 0 spiro atoms. The number of hydrogen-bond acceptors (Lipinski definition) is 4. The fourth-order valence-electron chi connectivity index (χ4n) is 1.47. The Morgan fingerprint density at radius 2 is 2.57 bits per heavy atom. The third-order valence-electron chi connectivity index (χ3n) is 2.50. The molecule has 0 saturated heterocycles. The van der Waals surface area contributed by atoms with Crippen LogP contribution in [0.2, 0.25) is 0 Å². The second-order valence-electron chi connectivity index (χ2n) is 3.67. The number of ether oxygens (including phenoxy) is 1. The minimum Gasteiger partial charge on any atom is -0.438 e. The molecule has 6 nitrogen and oxygen atoms in total. The number of fused-ring (bicyclic) bond motifs is 1. The summed E-state index contributed by atoms with van der Waals surface area (Å²) in [5, 5.41) is 10.4. The molecule has 0 aliphatic carbocycles. The highest BCUT2D eigenvalue weighted by atomic mass is 16.6. The van der Waals surface area contributed by atoms with Gasteiger partial charge >= 0.3 is 11.8 Å². The van der Waals surface area contributed by atoms with Crippen molar-refractivity contribution < 1.29 is 9.66 Å². The van der Waals surface area contributed by atoms with Gasteiger partial charge in [0.2, 0.25) is 0 Å². The van der Waals surface area contributed by atoms with E-state index >= 15 is 0 Å². The maximum atomic E-state index is 10.4. The zero-order chi connectivity index (χ0) is 10.3. The van der Waals surface area contributed by atoms with Crippen LogP contribution < -0.4 is 4.74 Å². The Morgan fingerprint density at radius 3 is 3.07 bits per heavy atom. The summed E-state index contributed by atoms with van der Waals surface area (Å²) in [6.07, 6.45) is 2.26. The molecule has 2 heterocycles. The Hall–Kier alpha value is -1.59. The molecule has 1 aliphatic rings. The molecule has 14 heavy (non-hydrogen) atoms. The van der Waals surface area contributed by atoms with Crippen molar-refractivity contribution in [1.29, 1.82) is 0 Å². The van der Waals surface area contributed by atoms with Crippen molar-refractivity contribution in [2.75, 3.05) is 0 Å². The lowest BCUT2D eigenvalue weighted by molar-refractivity contribution is -0.389. The molecule has 0 radical (unpaired) electrons.